The van der Waals surface area contributed by atoms with E-state index in [1.54, 1.807) is 50.5 Å². The molecule has 0 aliphatic carbocycles. The van der Waals surface area contributed by atoms with Crippen LogP contribution in [0.3, 0.4) is 0 Å². The van der Waals surface area contributed by atoms with E-state index in [-0.39, 0.29) is 31.0 Å². The fraction of sp³-hybridized carbons (Fsp3) is 0.615. The fourth-order valence-corrected chi connectivity index (χ4v) is 7.27. The van der Waals surface area contributed by atoms with E-state index < -0.39 is 72.7 Å². The topological polar surface area (TPSA) is 174 Å². The van der Waals surface area contributed by atoms with Crippen molar-refractivity contribution in [2.45, 2.75) is 116 Å². The summed E-state index contributed by atoms with van der Waals surface area (Å²) in [6.07, 6.45) is 1.13. The molecule has 0 spiro atoms. The SMILES string of the molecule is CC[C@H]1OC(=O)C[C@@H](O)[C@H](C)[C@@H](O[C@@H]2O[C@H](C)[C@@H](O)C(N(C)C)C2O)[C@@H](CC=O)C[C@@H](C)C(=O)C=CC(C)=C[C@@H]1Cn1cc(-c2ccccc2)nn1. The van der Waals surface area contributed by atoms with Gasteiger partial charge >= 0.3 is 5.97 Å². The Balaban J connectivity index is 1.66. The number of ketones is 1. The van der Waals surface area contributed by atoms with Gasteiger partial charge in [0.25, 0.3) is 0 Å². The maximum absolute atomic E-state index is 13.5. The zero-order valence-electron chi connectivity index (χ0n) is 31.3. The van der Waals surface area contributed by atoms with Crippen molar-refractivity contribution >= 4 is 18.0 Å². The molecule has 0 radical (unpaired) electrons. The van der Waals surface area contributed by atoms with Gasteiger partial charge in [-0.1, -0.05) is 74.0 Å². The summed E-state index contributed by atoms with van der Waals surface area (Å²) in [7, 11) is 3.46. The van der Waals surface area contributed by atoms with E-state index in [1.807, 2.05) is 56.5 Å². The van der Waals surface area contributed by atoms with Gasteiger partial charge in [0, 0.05) is 29.7 Å². The van der Waals surface area contributed by atoms with E-state index >= 15 is 0 Å². The lowest BCUT2D eigenvalue weighted by Gasteiger charge is -2.46. The minimum absolute atomic E-state index is 0.00159. The summed E-state index contributed by atoms with van der Waals surface area (Å²) in [5, 5.41) is 42.3. The second-order valence-electron chi connectivity index (χ2n) is 14.6. The Morgan fingerprint density at radius 1 is 1.06 bits per heavy atom. The lowest BCUT2D eigenvalue weighted by atomic mass is 9.79. The first-order chi connectivity index (χ1) is 24.7. The number of allylic oxidation sites excluding steroid dienone is 3. The van der Waals surface area contributed by atoms with Crippen LogP contribution in [0.25, 0.3) is 11.3 Å². The van der Waals surface area contributed by atoms with Crippen molar-refractivity contribution < 1.29 is 43.9 Å². The second-order valence-corrected chi connectivity index (χ2v) is 14.6. The van der Waals surface area contributed by atoms with Gasteiger partial charge in [-0.15, -0.1) is 5.10 Å². The number of carbonyl (C=O) groups excluding carboxylic acids is 3. The van der Waals surface area contributed by atoms with Gasteiger partial charge in [-0.05, 0) is 52.8 Å². The van der Waals surface area contributed by atoms with Crippen LogP contribution in [0.2, 0.25) is 0 Å². The van der Waals surface area contributed by atoms with Gasteiger partial charge < -0.3 is 39.2 Å². The van der Waals surface area contributed by atoms with Crippen molar-refractivity contribution in [3.8, 4) is 11.3 Å². The summed E-state index contributed by atoms with van der Waals surface area (Å²) in [6.45, 7) is 9.27. The Morgan fingerprint density at radius 2 is 1.77 bits per heavy atom. The first-order valence-corrected chi connectivity index (χ1v) is 18.2. The van der Waals surface area contributed by atoms with Crippen LogP contribution in [0.1, 0.15) is 60.3 Å². The third-order valence-corrected chi connectivity index (χ3v) is 10.4. The van der Waals surface area contributed by atoms with Crippen LogP contribution in [0.5, 0.6) is 0 Å². The van der Waals surface area contributed by atoms with Crippen molar-refractivity contribution in [3.63, 3.8) is 0 Å². The maximum atomic E-state index is 13.5. The average molecular weight is 725 g/mol. The van der Waals surface area contributed by atoms with Gasteiger partial charge in [0.15, 0.2) is 12.1 Å². The van der Waals surface area contributed by atoms with Crippen LogP contribution < -0.4 is 0 Å². The number of likely N-dealkylation sites (N-methyl/N-ethyl adjacent to an activating group) is 1. The minimum atomic E-state index is -1.28. The Kier molecular flexibility index (Phi) is 15.0. The van der Waals surface area contributed by atoms with Crippen LogP contribution in [-0.4, -0.2) is 116 Å². The number of hydrogen-bond acceptors (Lipinski definition) is 12. The minimum Gasteiger partial charge on any atom is -0.462 e. The first-order valence-electron chi connectivity index (χ1n) is 18.2. The normalized spacial score (nSPS) is 34.2. The molecule has 2 aliphatic heterocycles. The number of esters is 1. The molecule has 0 bridgehead atoms. The molecule has 12 atom stereocenters. The largest absolute Gasteiger partial charge is 0.462 e. The lowest BCUT2D eigenvalue weighted by Crippen LogP contribution is -2.63. The molecule has 2 aliphatic rings. The molecule has 4 rings (SSSR count). The van der Waals surface area contributed by atoms with E-state index in [2.05, 4.69) is 10.3 Å². The lowest BCUT2D eigenvalue weighted by molar-refractivity contribution is -0.304. The predicted octanol–water partition coefficient (Wildman–Crippen LogP) is 3.37. The van der Waals surface area contributed by atoms with Gasteiger partial charge in [0.05, 0.1) is 49.6 Å². The number of aldehydes is 1. The van der Waals surface area contributed by atoms with Crippen molar-refractivity contribution in [2.24, 2.45) is 23.7 Å². The van der Waals surface area contributed by atoms with Gasteiger partial charge in [-0.25, -0.2) is 0 Å². The molecule has 1 aromatic heterocycles. The Hall–Kier alpha value is -3.59. The molecule has 1 saturated heterocycles. The molecule has 52 heavy (non-hydrogen) atoms. The molecular formula is C39H56N4O9. The molecule has 13 heteroatoms. The van der Waals surface area contributed by atoms with Gasteiger partial charge in [-0.3, -0.25) is 14.3 Å². The third kappa shape index (κ3) is 10.5. The summed E-state index contributed by atoms with van der Waals surface area (Å²) in [5.41, 5.74) is 2.40. The highest BCUT2D eigenvalue weighted by Gasteiger charge is 2.47. The smallest absolute Gasteiger partial charge is 0.308 e. The molecule has 286 valence electrons. The highest BCUT2D eigenvalue weighted by Crippen LogP contribution is 2.34. The number of hydrogen-bond donors (Lipinski definition) is 3. The number of ether oxygens (including phenoxy) is 3. The van der Waals surface area contributed by atoms with Crippen molar-refractivity contribution in [2.75, 3.05) is 14.1 Å². The molecule has 0 amide bonds. The summed E-state index contributed by atoms with van der Waals surface area (Å²) in [6, 6.07) is 8.95. The number of nitrogens with zero attached hydrogens (tertiary/aromatic N) is 4. The van der Waals surface area contributed by atoms with Crippen LogP contribution in [0.15, 0.2) is 60.3 Å². The number of benzene rings is 1. The van der Waals surface area contributed by atoms with E-state index in [1.165, 1.54) is 6.08 Å². The number of carbonyl (C=O) groups is 3. The van der Waals surface area contributed by atoms with Crippen molar-refractivity contribution in [3.05, 3.63) is 60.3 Å². The Morgan fingerprint density at radius 3 is 2.42 bits per heavy atom. The standard InChI is InChI=1S/C39H56N4O9/c1-8-33-29(21-43-22-30(40-41-43)27-12-10-9-11-13-27)18-23(2)14-15-31(45)24(3)19-28(16-17-44)38(25(4)32(46)20-34(47)51-33)52-39-37(49)35(42(6)7)36(48)26(5)50-39/h9-15,17-18,22,24-26,28-29,32-33,35-39,46,48-49H,8,16,19-21H2,1-7H3/t24-,25+,26-,28+,29-,32-,33-,35?,36-,37?,38-,39+/m1/s1. The van der Waals surface area contributed by atoms with Crippen LogP contribution >= 0.6 is 0 Å². The zero-order valence-corrected chi connectivity index (χ0v) is 31.3. The van der Waals surface area contributed by atoms with Crippen LogP contribution in [0.4, 0.5) is 0 Å². The molecule has 0 saturated carbocycles. The van der Waals surface area contributed by atoms with E-state index in [9.17, 15) is 29.7 Å². The zero-order chi connectivity index (χ0) is 38.1. The molecule has 3 heterocycles. The molecule has 2 aromatic rings. The second kappa shape index (κ2) is 18.9. The summed E-state index contributed by atoms with van der Waals surface area (Å²) < 4.78 is 20.1. The first kappa shape index (κ1) is 41.2. The predicted molar refractivity (Wildman–Crippen MR) is 193 cm³/mol. The van der Waals surface area contributed by atoms with Crippen LogP contribution in [-0.2, 0) is 35.1 Å². The number of aliphatic hydroxyl groups excluding tert-OH is 3. The Bertz CT molecular complexity index is 1530. The van der Waals surface area contributed by atoms with E-state index in [0.717, 1.165) is 17.4 Å². The molecule has 3 N–H and O–H groups in total. The fourth-order valence-electron chi connectivity index (χ4n) is 7.27. The number of aliphatic hydroxyl groups is 3. The van der Waals surface area contributed by atoms with Crippen molar-refractivity contribution in [1.82, 2.24) is 19.9 Å². The van der Waals surface area contributed by atoms with E-state index in [4.69, 9.17) is 14.2 Å². The molecule has 13 nitrogen and oxygen atoms in total. The number of cyclic esters (lactones) is 1. The summed E-state index contributed by atoms with van der Waals surface area (Å²) in [4.78, 5) is 40.7. The highest BCUT2D eigenvalue weighted by atomic mass is 16.7. The average Bonchev–Trinajstić information content (AvgIpc) is 3.58. The molecule has 1 aromatic carbocycles. The summed E-state index contributed by atoms with van der Waals surface area (Å²) in [5.74, 6) is -2.98. The quantitative estimate of drug-likeness (QED) is 0.255. The highest BCUT2D eigenvalue weighted by molar-refractivity contribution is 5.91. The molecule has 1 fully saturated rings. The number of aromatic nitrogens is 3. The maximum Gasteiger partial charge on any atom is 0.308 e. The van der Waals surface area contributed by atoms with Gasteiger partial charge in [-0.2, -0.15) is 0 Å². The van der Waals surface area contributed by atoms with Gasteiger partial charge in [0.2, 0.25) is 0 Å². The summed E-state index contributed by atoms with van der Waals surface area (Å²) >= 11 is 0. The Labute approximate surface area is 306 Å². The molecule has 2 unspecified atom stereocenters. The third-order valence-electron chi connectivity index (χ3n) is 10.4. The van der Waals surface area contributed by atoms with Gasteiger partial charge in [0.1, 0.15) is 24.2 Å². The molecular weight excluding hydrogens is 668 g/mol. The monoisotopic (exact) mass is 724 g/mol. The van der Waals surface area contributed by atoms with E-state index in [0.29, 0.717) is 18.7 Å². The van der Waals surface area contributed by atoms with Crippen LogP contribution in [0, 0.1) is 23.7 Å². The number of rotatable bonds is 9. The van der Waals surface area contributed by atoms with Crippen molar-refractivity contribution in [1.29, 1.82) is 0 Å².